The summed E-state index contributed by atoms with van der Waals surface area (Å²) < 4.78 is 13.5. The number of aliphatic hydroxyl groups excluding tert-OH is 1. The lowest BCUT2D eigenvalue weighted by molar-refractivity contribution is -0.169. The summed E-state index contributed by atoms with van der Waals surface area (Å²) in [5.41, 5.74) is 1.04. The average Bonchev–Trinajstić information content (AvgIpc) is 3.20. The molecule has 0 aliphatic carbocycles. The Morgan fingerprint density at radius 1 is 1.40 bits per heavy atom. The third-order valence-corrected chi connectivity index (χ3v) is 5.54. The first-order valence-corrected chi connectivity index (χ1v) is 9.00. The fourth-order valence-electron chi connectivity index (χ4n) is 4.12. The highest BCUT2D eigenvalue weighted by molar-refractivity contribution is 5.73. The molecule has 4 rings (SSSR count). The van der Waals surface area contributed by atoms with Crippen LogP contribution in [0.25, 0.3) is 0 Å². The summed E-state index contributed by atoms with van der Waals surface area (Å²) in [5.74, 6) is 0.126. The van der Waals surface area contributed by atoms with Crippen molar-refractivity contribution in [3.05, 3.63) is 18.0 Å². The first-order chi connectivity index (χ1) is 12.0. The molecule has 138 valence electrons. The van der Waals surface area contributed by atoms with Crippen LogP contribution in [0, 0.1) is 6.92 Å². The molecular weight excluding hydrogens is 324 g/mol. The van der Waals surface area contributed by atoms with Gasteiger partial charge in [-0.3, -0.25) is 9.48 Å². The maximum Gasteiger partial charge on any atom is 0.219 e. The van der Waals surface area contributed by atoms with E-state index in [9.17, 15) is 9.90 Å². The zero-order valence-corrected chi connectivity index (χ0v) is 14.7. The van der Waals surface area contributed by atoms with Gasteiger partial charge in [-0.15, -0.1) is 0 Å². The van der Waals surface area contributed by atoms with Crippen LogP contribution in [0.3, 0.4) is 0 Å². The second-order valence-corrected chi connectivity index (χ2v) is 7.33. The van der Waals surface area contributed by atoms with E-state index in [-0.39, 0.29) is 30.1 Å². The highest BCUT2D eigenvalue weighted by atomic mass is 16.7. The zero-order valence-electron chi connectivity index (χ0n) is 14.7. The van der Waals surface area contributed by atoms with Crippen molar-refractivity contribution in [2.75, 3.05) is 19.7 Å². The Morgan fingerprint density at radius 3 is 2.80 bits per heavy atom. The third-order valence-electron chi connectivity index (χ3n) is 5.54. The number of nitrogens with zero attached hydrogens (tertiary/aromatic N) is 3. The number of amides is 1. The standard InChI is InChI=1S/C17H26N4O4/c1-10-7-18-21(8-10)15-16(23)14(13-9-24-17(15)25-13)19-12-3-5-20(6-4-12)11(2)22/h7-8,12-17,19,23H,3-6,9H2,1-2H3. The monoisotopic (exact) mass is 350 g/mol. The summed E-state index contributed by atoms with van der Waals surface area (Å²) in [4.78, 5) is 13.3. The van der Waals surface area contributed by atoms with Gasteiger partial charge in [0, 0.05) is 32.3 Å². The second-order valence-electron chi connectivity index (χ2n) is 7.33. The number of aromatic nitrogens is 2. The van der Waals surface area contributed by atoms with Crippen molar-refractivity contribution in [1.82, 2.24) is 20.0 Å². The molecule has 25 heavy (non-hydrogen) atoms. The van der Waals surface area contributed by atoms with Crippen LogP contribution in [0.2, 0.25) is 0 Å². The van der Waals surface area contributed by atoms with Gasteiger partial charge in [0.25, 0.3) is 0 Å². The first kappa shape index (κ1) is 17.0. The van der Waals surface area contributed by atoms with Crippen molar-refractivity contribution >= 4 is 5.91 Å². The van der Waals surface area contributed by atoms with E-state index in [1.54, 1.807) is 17.8 Å². The Kier molecular flexibility index (Phi) is 4.53. The molecule has 8 heteroatoms. The van der Waals surface area contributed by atoms with Crippen molar-refractivity contribution in [2.45, 2.75) is 63.3 Å². The Balaban J connectivity index is 1.45. The van der Waals surface area contributed by atoms with Gasteiger partial charge >= 0.3 is 0 Å². The minimum absolute atomic E-state index is 0.126. The summed E-state index contributed by atoms with van der Waals surface area (Å²) >= 11 is 0. The van der Waals surface area contributed by atoms with Crippen LogP contribution in [0.5, 0.6) is 0 Å². The number of likely N-dealkylation sites (tertiary alicyclic amines) is 1. The second kappa shape index (κ2) is 6.68. The van der Waals surface area contributed by atoms with Gasteiger partial charge < -0.3 is 24.8 Å². The number of hydrogen-bond donors (Lipinski definition) is 2. The number of rotatable bonds is 3. The van der Waals surface area contributed by atoms with E-state index in [4.69, 9.17) is 9.47 Å². The summed E-state index contributed by atoms with van der Waals surface area (Å²) in [6.07, 6.45) is 4.18. The number of aliphatic hydroxyl groups is 1. The Labute approximate surface area is 147 Å². The molecule has 2 bridgehead atoms. The molecule has 5 atom stereocenters. The molecular formula is C17H26N4O4. The highest BCUT2D eigenvalue weighted by Gasteiger charge is 2.51. The molecule has 3 fully saturated rings. The van der Waals surface area contributed by atoms with Crippen LogP contribution in [0.15, 0.2) is 12.4 Å². The summed E-state index contributed by atoms with van der Waals surface area (Å²) in [5, 5.41) is 18.9. The largest absolute Gasteiger partial charge is 0.389 e. The zero-order chi connectivity index (χ0) is 17.6. The van der Waals surface area contributed by atoms with Gasteiger partial charge in [-0.1, -0.05) is 0 Å². The molecule has 4 heterocycles. The van der Waals surface area contributed by atoms with Gasteiger partial charge in [-0.25, -0.2) is 0 Å². The predicted octanol–water partition coefficient (Wildman–Crippen LogP) is -0.182. The fraction of sp³-hybridized carbons (Fsp3) is 0.765. The van der Waals surface area contributed by atoms with E-state index in [1.165, 1.54) is 0 Å². The first-order valence-electron chi connectivity index (χ1n) is 9.00. The van der Waals surface area contributed by atoms with Crippen molar-refractivity contribution in [3.63, 3.8) is 0 Å². The number of piperidine rings is 1. The maximum atomic E-state index is 11.5. The summed E-state index contributed by atoms with van der Waals surface area (Å²) in [6, 6.07) is -0.305. The minimum Gasteiger partial charge on any atom is -0.389 e. The molecule has 3 saturated heterocycles. The van der Waals surface area contributed by atoms with Crippen molar-refractivity contribution in [3.8, 4) is 0 Å². The SMILES string of the molecule is CC(=O)N1CCC(NC2C3COC(O3)C(n3cc(C)cn3)C2O)CC1. The lowest BCUT2D eigenvalue weighted by Crippen LogP contribution is -2.61. The van der Waals surface area contributed by atoms with Crippen molar-refractivity contribution < 1.29 is 19.4 Å². The lowest BCUT2D eigenvalue weighted by atomic mass is 9.93. The van der Waals surface area contributed by atoms with Gasteiger partial charge in [0.05, 0.1) is 24.9 Å². The summed E-state index contributed by atoms with van der Waals surface area (Å²) in [7, 11) is 0. The molecule has 0 spiro atoms. The van der Waals surface area contributed by atoms with E-state index in [0.717, 1.165) is 31.5 Å². The van der Waals surface area contributed by atoms with E-state index in [0.29, 0.717) is 6.61 Å². The number of aryl methyl sites for hydroxylation is 1. The van der Waals surface area contributed by atoms with Crippen molar-refractivity contribution in [1.29, 1.82) is 0 Å². The molecule has 2 N–H and O–H groups in total. The minimum atomic E-state index is -0.642. The molecule has 0 saturated carbocycles. The van der Waals surface area contributed by atoms with Gasteiger partial charge in [0.1, 0.15) is 12.1 Å². The van der Waals surface area contributed by atoms with Crippen molar-refractivity contribution in [2.24, 2.45) is 0 Å². The Hall–Kier alpha value is -1.48. The van der Waals surface area contributed by atoms with Gasteiger partial charge in [-0.05, 0) is 25.3 Å². The number of hydrogen-bond acceptors (Lipinski definition) is 6. The van der Waals surface area contributed by atoms with Crippen LogP contribution in [0.1, 0.15) is 31.4 Å². The third kappa shape index (κ3) is 3.19. The molecule has 0 aromatic carbocycles. The van der Waals surface area contributed by atoms with Crippen LogP contribution in [-0.4, -0.2) is 76.0 Å². The average molecular weight is 350 g/mol. The van der Waals surface area contributed by atoms with Gasteiger partial charge in [0.2, 0.25) is 5.91 Å². The molecule has 3 aliphatic heterocycles. The van der Waals surface area contributed by atoms with Gasteiger partial charge in [-0.2, -0.15) is 5.10 Å². The van der Waals surface area contributed by atoms with Crippen LogP contribution < -0.4 is 5.32 Å². The maximum absolute atomic E-state index is 11.5. The molecule has 3 aliphatic rings. The molecule has 1 aromatic heterocycles. The van der Waals surface area contributed by atoms with E-state index in [1.807, 2.05) is 18.0 Å². The normalized spacial score (nSPS) is 36.0. The van der Waals surface area contributed by atoms with Gasteiger partial charge in [0.15, 0.2) is 6.29 Å². The molecule has 1 amide bonds. The smallest absolute Gasteiger partial charge is 0.219 e. The summed E-state index contributed by atoms with van der Waals surface area (Å²) in [6.45, 7) is 5.56. The van der Waals surface area contributed by atoms with E-state index < -0.39 is 12.4 Å². The quantitative estimate of drug-likeness (QED) is 0.786. The Bertz CT molecular complexity index is 628. The lowest BCUT2D eigenvalue weighted by Gasteiger charge is -2.41. The van der Waals surface area contributed by atoms with E-state index in [2.05, 4.69) is 10.4 Å². The number of ether oxygens (including phenoxy) is 2. The molecule has 1 aromatic rings. The topological polar surface area (TPSA) is 88.9 Å². The Morgan fingerprint density at radius 2 is 2.16 bits per heavy atom. The molecule has 5 unspecified atom stereocenters. The molecule has 8 nitrogen and oxygen atoms in total. The number of carbonyl (C=O) groups excluding carboxylic acids is 1. The number of carbonyl (C=O) groups is 1. The highest BCUT2D eigenvalue weighted by Crippen LogP contribution is 2.36. The number of fused-ring (bicyclic) bond motifs is 2. The predicted molar refractivity (Wildman–Crippen MR) is 88.8 cm³/mol. The van der Waals surface area contributed by atoms with Crippen LogP contribution >= 0.6 is 0 Å². The van der Waals surface area contributed by atoms with E-state index >= 15 is 0 Å². The molecule has 0 radical (unpaired) electrons. The van der Waals surface area contributed by atoms with Crippen LogP contribution in [0.4, 0.5) is 0 Å². The fourth-order valence-corrected chi connectivity index (χ4v) is 4.12. The number of nitrogens with one attached hydrogen (secondary N) is 1. The van der Waals surface area contributed by atoms with Crippen LogP contribution in [-0.2, 0) is 14.3 Å².